The van der Waals surface area contributed by atoms with Gasteiger partial charge in [0.15, 0.2) is 0 Å². The number of carbonyl (C=O) groups excluding carboxylic acids is 3. The van der Waals surface area contributed by atoms with Crippen molar-refractivity contribution in [2.24, 2.45) is 0 Å². The van der Waals surface area contributed by atoms with Gasteiger partial charge in [-0.1, -0.05) is 12.1 Å². The van der Waals surface area contributed by atoms with Crippen molar-refractivity contribution in [2.75, 3.05) is 61.0 Å². The molecule has 2 aliphatic rings. The highest BCUT2D eigenvalue weighted by Crippen LogP contribution is 2.41. The van der Waals surface area contributed by atoms with E-state index in [2.05, 4.69) is 11.8 Å². The quantitative estimate of drug-likeness (QED) is 0.596. The smallest absolute Gasteiger partial charge is 0.240 e. The number of benzene rings is 1. The maximum Gasteiger partial charge on any atom is 0.240 e. The van der Waals surface area contributed by atoms with E-state index in [1.807, 2.05) is 37.0 Å². The Morgan fingerprint density at radius 2 is 2.00 bits per heavy atom. The number of likely N-dealkylation sites (N-methyl/N-ethyl adjacent to an activating group) is 2. The molecule has 2 heterocycles. The lowest BCUT2D eigenvalue weighted by molar-refractivity contribution is -0.143. The SMILES string of the molecule is COc1cccc([C@@]2(CC(=O)N3CCN(C)[C@@H](C)C3)CC(=O)N(CCN(C)C)C2=O)c1. The Morgan fingerprint density at radius 1 is 1.26 bits per heavy atom. The lowest BCUT2D eigenvalue weighted by Gasteiger charge is -2.39. The van der Waals surface area contributed by atoms with Gasteiger partial charge in [0.1, 0.15) is 5.75 Å². The summed E-state index contributed by atoms with van der Waals surface area (Å²) in [7, 11) is 7.41. The van der Waals surface area contributed by atoms with Crippen LogP contribution in [0.2, 0.25) is 0 Å². The third kappa shape index (κ3) is 4.75. The summed E-state index contributed by atoms with van der Waals surface area (Å²) in [6.45, 7) is 5.02. The van der Waals surface area contributed by atoms with Crippen LogP contribution >= 0.6 is 0 Å². The summed E-state index contributed by atoms with van der Waals surface area (Å²) in [4.78, 5) is 47.2. The molecule has 0 unspecified atom stereocenters. The maximum atomic E-state index is 13.7. The van der Waals surface area contributed by atoms with Gasteiger partial charge in [-0.15, -0.1) is 0 Å². The Hall–Kier alpha value is -2.45. The molecule has 1 aromatic carbocycles. The van der Waals surface area contributed by atoms with Gasteiger partial charge >= 0.3 is 0 Å². The van der Waals surface area contributed by atoms with E-state index in [9.17, 15) is 14.4 Å². The van der Waals surface area contributed by atoms with Crippen LogP contribution in [0, 0.1) is 0 Å². The third-order valence-electron chi connectivity index (χ3n) is 6.57. The predicted molar refractivity (Wildman–Crippen MR) is 118 cm³/mol. The molecule has 2 atom stereocenters. The number of hydrogen-bond donors (Lipinski definition) is 0. The Bertz CT molecular complexity index is 843. The van der Waals surface area contributed by atoms with Crippen LogP contribution in [0.1, 0.15) is 25.3 Å². The van der Waals surface area contributed by atoms with Crippen molar-refractivity contribution < 1.29 is 19.1 Å². The lowest BCUT2D eigenvalue weighted by Crippen LogP contribution is -2.53. The van der Waals surface area contributed by atoms with Crippen LogP contribution in [0.25, 0.3) is 0 Å². The van der Waals surface area contributed by atoms with Gasteiger partial charge in [0.2, 0.25) is 17.7 Å². The second-order valence-electron chi connectivity index (χ2n) is 8.99. The number of rotatable bonds is 7. The maximum absolute atomic E-state index is 13.7. The summed E-state index contributed by atoms with van der Waals surface area (Å²) in [5, 5.41) is 0. The van der Waals surface area contributed by atoms with Gasteiger partial charge in [-0.3, -0.25) is 19.3 Å². The number of hydrogen-bond acceptors (Lipinski definition) is 6. The van der Waals surface area contributed by atoms with Crippen molar-refractivity contribution in [1.29, 1.82) is 0 Å². The minimum atomic E-state index is -1.19. The number of imide groups is 1. The molecule has 0 saturated carbocycles. The van der Waals surface area contributed by atoms with Crippen molar-refractivity contribution in [3.63, 3.8) is 0 Å². The monoisotopic (exact) mass is 430 g/mol. The van der Waals surface area contributed by atoms with Gasteiger partial charge < -0.3 is 19.4 Å². The zero-order chi connectivity index (χ0) is 22.8. The molecule has 2 fully saturated rings. The van der Waals surface area contributed by atoms with Crippen LogP contribution in [0.4, 0.5) is 0 Å². The number of nitrogens with zero attached hydrogens (tertiary/aromatic N) is 4. The summed E-state index contributed by atoms with van der Waals surface area (Å²) in [5.74, 6) is 0.000239. The van der Waals surface area contributed by atoms with Crippen molar-refractivity contribution in [2.45, 2.75) is 31.2 Å². The average Bonchev–Trinajstić information content (AvgIpc) is 2.98. The van der Waals surface area contributed by atoms with Crippen molar-refractivity contribution in [3.8, 4) is 5.75 Å². The first kappa shape index (κ1) is 23.2. The molecule has 3 rings (SSSR count). The van der Waals surface area contributed by atoms with E-state index in [0.717, 1.165) is 6.54 Å². The molecule has 170 valence electrons. The zero-order valence-electron chi connectivity index (χ0n) is 19.3. The van der Waals surface area contributed by atoms with E-state index in [1.165, 1.54) is 4.90 Å². The summed E-state index contributed by atoms with van der Waals surface area (Å²) < 4.78 is 5.36. The summed E-state index contributed by atoms with van der Waals surface area (Å²) in [5.41, 5.74) is -0.533. The van der Waals surface area contributed by atoms with Gasteiger partial charge in [-0.2, -0.15) is 0 Å². The van der Waals surface area contributed by atoms with Gasteiger partial charge in [-0.25, -0.2) is 0 Å². The van der Waals surface area contributed by atoms with Gasteiger partial charge in [-0.05, 0) is 45.8 Å². The Morgan fingerprint density at radius 3 is 2.65 bits per heavy atom. The van der Waals surface area contributed by atoms with Crippen molar-refractivity contribution in [1.82, 2.24) is 19.6 Å². The second-order valence-corrected chi connectivity index (χ2v) is 8.99. The number of ether oxygens (including phenoxy) is 1. The molecule has 31 heavy (non-hydrogen) atoms. The van der Waals surface area contributed by atoms with E-state index in [-0.39, 0.29) is 36.6 Å². The van der Waals surface area contributed by atoms with Crippen LogP contribution in [-0.2, 0) is 19.8 Å². The first-order valence-corrected chi connectivity index (χ1v) is 10.8. The Kier molecular flexibility index (Phi) is 7.01. The molecule has 0 N–H and O–H groups in total. The first-order chi connectivity index (χ1) is 14.7. The fourth-order valence-corrected chi connectivity index (χ4v) is 4.36. The van der Waals surface area contributed by atoms with E-state index in [4.69, 9.17) is 4.74 Å². The highest BCUT2D eigenvalue weighted by molar-refractivity contribution is 6.10. The number of likely N-dealkylation sites (tertiary alicyclic amines) is 1. The molecule has 2 aliphatic heterocycles. The molecule has 2 saturated heterocycles. The first-order valence-electron chi connectivity index (χ1n) is 10.8. The van der Waals surface area contributed by atoms with Crippen LogP contribution in [-0.4, -0.2) is 104 Å². The van der Waals surface area contributed by atoms with E-state index >= 15 is 0 Å². The molecule has 1 aromatic rings. The normalized spacial score (nSPS) is 24.9. The summed E-state index contributed by atoms with van der Waals surface area (Å²) in [6.07, 6.45) is -0.0128. The molecule has 0 aromatic heterocycles. The largest absolute Gasteiger partial charge is 0.497 e. The topological polar surface area (TPSA) is 73.4 Å². The predicted octanol–water partition coefficient (Wildman–Crippen LogP) is 0.806. The average molecular weight is 431 g/mol. The highest BCUT2D eigenvalue weighted by atomic mass is 16.5. The van der Waals surface area contributed by atoms with Crippen LogP contribution in [0.5, 0.6) is 5.75 Å². The molecule has 8 nitrogen and oxygen atoms in total. The minimum Gasteiger partial charge on any atom is -0.497 e. The molecule has 3 amide bonds. The van der Waals surface area contributed by atoms with Crippen LogP contribution < -0.4 is 4.74 Å². The molecular weight excluding hydrogens is 396 g/mol. The van der Waals surface area contributed by atoms with E-state index < -0.39 is 5.41 Å². The fourth-order valence-electron chi connectivity index (χ4n) is 4.36. The number of piperazine rings is 1. The summed E-state index contributed by atoms with van der Waals surface area (Å²) in [6, 6.07) is 7.46. The molecule has 8 heteroatoms. The number of amides is 3. The van der Waals surface area contributed by atoms with Crippen molar-refractivity contribution >= 4 is 17.7 Å². The zero-order valence-corrected chi connectivity index (χ0v) is 19.3. The van der Waals surface area contributed by atoms with Crippen LogP contribution in [0.3, 0.4) is 0 Å². The van der Waals surface area contributed by atoms with Gasteiger partial charge in [0, 0.05) is 51.6 Å². The minimum absolute atomic E-state index is 0.00145. The van der Waals surface area contributed by atoms with Crippen molar-refractivity contribution in [3.05, 3.63) is 29.8 Å². The molecule has 0 radical (unpaired) electrons. The fraction of sp³-hybridized carbons (Fsp3) is 0.609. The lowest BCUT2D eigenvalue weighted by atomic mass is 9.75. The Balaban J connectivity index is 1.93. The van der Waals surface area contributed by atoms with E-state index in [1.54, 1.807) is 25.3 Å². The standard InChI is InChI=1S/C23H34N4O4/c1-17-16-26(11-10-25(17)4)20(28)14-23(18-7-6-8-19(13-18)31-5)15-21(29)27(22(23)30)12-9-24(2)3/h6-8,13,17H,9-12,14-16H2,1-5H3/t17-,23+/m0/s1. The van der Waals surface area contributed by atoms with Gasteiger partial charge in [0.05, 0.1) is 12.5 Å². The van der Waals surface area contributed by atoms with Crippen LogP contribution in [0.15, 0.2) is 24.3 Å². The molecule has 0 aliphatic carbocycles. The number of carbonyl (C=O) groups is 3. The molecular formula is C23H34N4O4. The summed E-state index contributed by atoms with van der Waals surface area (Å²) >= 11 is 0. The molecule has 0 bridgehead atoms. The number of methoxy groups -OCH3 is 1. The van der Waals surface area contributed by atoms with Gasteiger partial charge in [0.25, 0.3) is 0 Å². The Labute approximate surface area is 184 Å². The second kappa shape index (κ2) is 9.36. The highest BCUT2D eigenvalue weighted by Gasteiger charge is 2.54. The third-order valence-corrected chi connectivity index (χ3v) is 6.57. The van der Waals surface area contributed by atoms with E-state index in [0.29, 0.717) is 37.5 Å². The molecule has 0 spiro atoms.